The van der Waals surface area contributed by atoms with Crippen LogP contribution in [0.3, 0.4) is 0 Å². The first kappa shape index (κ1) is 15.1. The Hall–Kier alpha value is -1.29. The highest BCUT2D eigenvalue weighted by Gasteiger charge is 2.36. The molecule has 0 aromatic carbocycles. The number of ether oxygens (including phenoxy) is 1. The quantitative estimate of drug-likeness (QED) is 0.480. The Kier molecular flexibility index (Phi) is 4.23. The van der Waals surface area contributed by atoms with Crippen molar-refractivity contribution in [3.05, 3.63) is 33.1 Å². The van der Waals surface area contributed by atoms with Gasteiger partial charge in [-0.1, -0.05) is 0 Å². The molecule has 3 unspecified atom stereocenters. The molecule has 0 radical (unpaired) electrons. The van der Waals surface area contributed by atoms with Gasteiger partial charge in [0.1, 0.15) is 12.3 Å². The highest BCUT2D eigenvalue weighted by atomic mass is 31.2. The van der Waals surface area contributed by atoms with Gasteiger partial charge >= 0.3 is 13.5 Å². The van der Waals surface area contributed by atoms with Crippen LogP contribution in [0.5, 0.6) is 0 Å². The average molecular weight is 308 g/mol. The Morgan fingerprint density at radius 1 is 1.50 bits per heavy atom. The van der Waals surface area contributed by atoms with Crippen molar-refractivity contribution in [1.29, 1.82) is 0 Å². The zero-order chi connectivity index (χ0) is 14.9. The van der Waals surface area contributed by atoms with E-state index in [1.165, 1.54) is 6.20 Å². The molecule has 1 aliphatic rings. The van der Waals surface area contributed by atoms with Gasteiger partial charge in [-0.25, -0.2) is 9.36 Å². The molecule has 1 aliphatic heterocycles. The summed E-state index contributed by atoms with van der Waals surface area (Å²) in [5.74, 6) is 0. The monoisotopic (exact) mass is 308 g/mol. The van der Waals surface area contributed by atoms with Gasteiger partial charge in [0.15, 0.2) is 0 Å². The van der Waals surface area contributed by atoms with Crippen LogP contribution in [0.4, 0.5) is 0 Å². The molecule has 112 valence electrons. The Bertz CT molecular complexity index is 633. The van der Waals surface area contributed by atoms with Crippen molar-refractivity contribution in [2.45, 2.75) is 24.9 Å². The van der Waals surface area contributed by atoms with E-state index >= 15 is 0 Å². The number of nitrogens with one attached hydrogen (secondary N) is 1. The minimum absolute atomic E-state index is 0.0289. The summed E-state index contributed by atoms with van der Waals surface area (Å²) in [6.45, 7) is -0.514. The van der Waals surface area contributed by atoms with Crippen LogP contribution in [0.1, 0.15) is 12.6 Å². The third-order valence-corrected chi connectivity index (χ3v) is 3.26. The van der Waals surface area contributed by atoms with Crippen molar-refractivity contribution in [2.24, 2.45) is 0 Å². The second-order valence-electron chi connectivity index (χ2n) is 4.24. The zero-order valence-corrected chi connectivity index (χ0v) is 11.0. The maximum Gasteiger partial charge on any atom is 0.469 e. The molecule has 1 aromatic heterocycles. The number of H-pyrrole nitrogens is 1. The third kappa shape index (κ3) is 3.63. The van der Waals surface area contributed by atoms with Crippen molar-refractivity contribution in [2.75, 3.05) is 6.61 Å². The lowest BCUT2D eigenvalue weighted by molar-refractivity contribution is -0.0450. The summed E-state index contributed by atoms with van der Waals surface area (Å²) in [7, 11) is -4.66. The van der Waals surface area contributed by atoms with Crippen molar-refractivity contribution in [3.63, 3.8) is 0 Å². The number of hydrogen-bond acceptors (Lipinski definition) is 6. The molecule has 20 heavy (non-hydrogen) atoms. The van der Waals surface area contributed by atoms with Gasteiger partial charge in [0, 0.05) is 18.7 Å². The Morgan fingerprint density at radius 2 is 2.20 bits per heavy atom. The maximum absolute atomic E-state index is 11.5. The van der Waals surface area contributed by atoms with E-state index in [1.54, 1.807) is 0 Å². The molecule has 3 atom stereocenters. The number of aliphatic hydroxyl groups is 1. The summed E-state index contributed by atoms with van der Waals surface area (Å²) in [4.78, 5) is 41.7. The second kappa shape index (κ2) is 5.60. The fourth-order valence-electron chi connectivity index (χ4n) is 1.86. The molecule has 0 amide bonds. The van der Waals surface area contributed by atoms with E-state index in [-0.39, 0.29) is 6.42 Å². The normalized spacial score (nSPS) is 26.9. The number of phosphoric acid groups is 1. The van der Waals surface area contributed by atoms with Crippen LogP contribution in [0.2, 0.25) is 0 Å². The largest absolute Gasteiger partial charge is 0.469 e. The van der Waals surface area contributed by atoms with E-state index in [1.807, 2.05) is 4.98 Å². The summed E-state index contributed by atoms with van der Waals surface area (Å²) in [6, 6.07) is 1.12. The van der Waals surface area contributed by atoms with E-state index in [2.05, 4.69) is 4.52 Å². The lowest BCUT2D eigenvalue weighted by Crippen LogP contribution is -2.31. The Labute approximate surface area is 111 Å². The molecule has 1 saturated heterocycles. The van der Waals surface area contributed by atoms with Gasteiger partial charge in [-0.3, -0.25) is 18.9 Å². The fraction of sp³-hybridized carbons (Fsp3) is 0.556. The highest BCUT2D eigenvalue weighted by Crippen LogP contribution is 2.37. The molecular weight excluding hydrogens is 295 g/mol. The van der Waals surface area contributed by atoms with Gasteiger partial charge in [0.25, 0.3) is 5.56 Å². The molecule has 0 saturated carbocycles. The van der Waals surface area contributed by atoms with Gasteiger partial charge in [0.2, 0.25) is 0 Å². The first-order chi connectivity index (χ1) is 9.26. The average Bonchev–Trinajstić information content (AvgIpc) is 2.67. The molecule has 2 heterocycles. The van der Waals surface area contributed by atoms with Gasteiger partial charge in [-0.05, 0) is 0 Å². The molecule has 2 rings (SSSR count). The van der Waals surface area contributed by atoms with Crippen LogP contribution >= 0.6 is 7.82 Å². The minimum Gasteiger partial charge on any atom is -0.390 e. The molecule has 0 bridgehead atoms. The Morgan fingerprint density at radius 3 is 2.80 bits per heavy atom. The number of hydrogen-bond donors (Lipinski definition) is 4. The Balaban J connectivity index is 2.08. The SMILES string of the molecule is O=c1ccn(C2CC(O)C(COP(=O)(O)O)O2)c(=O)[nH]1. The summed E-state index contributed by atoms with van der Waals surface area (Å²) in [5.41, 5.74) is -1.27. The molecule has 1 aromatic rings. The number of aromatic amines is 1. The van der Waals surface area contributed by atoms with Crippen LogP contribution in [-0.2, 0) is 13.8 Å². The van der Waals surface area contributed by atoms with Crippen LogP contribution < -0.4 is 11.2 Å². The molecule has 0 aliphatic carbocycles. The van der Waals surface area contributed by atoms with Crippen LogP contribution in [0, 0.1) is 0 Å². The fourth-order valence-corrected chi connectivity index (χ4v) is 2.20. The molecule has 11 heteroatoms. The van der Waals surface area contributed by atoms with Crippen molar-refractivity contribution >= 4 is 7.82 Å². The second-order valence-corrected chi connectivity index (χ2v) is 5.48. The molecule has 4 N–H and O–H groups in total. The molecular formula is C9H13N2O8P. The molecule has 0 spiro atoms. The van der Waals surface area contributed by atoms with Crippen molar-refractivity contribution in [1.82, 2.24) is 9.55 Å². The number of aliphatic hydroxyl groups excluding tert-OH is 1. The summed E-state index contributed by atoms with van der Waals surface area (Å²) in [6.07, 6.45) is -1.64. The van der Waals surface area contributed by atoms with E-state index in [9.17, 15) is 19.3 Å². The van der Waals surface area contributed by atoms with E-state index in [4.69, 9.17) is 14.5 Å². The first-order valence-corrected chi connectivity index (χ1v) is 7.14. The lowest BCUT2D eigenvalue weighted by Gasteiger charge is -2.16. The van der Waals surface area contributed by atoms with Crippen LogP contribution in [0.25, 0.3) is 0 Å². The predicted octanol–water partition coefficient (Wildman–Crippen LogP) is -1.71. The number of phosphoric ester groups is 1. The smallest absolute Gasteiger partial charge is 0.390 e. The third-order valence-electron chi connectivity index (χ3n) is 2.77. The minimum atomic E-state index is -4.66. The highest BCUT2D eigenvalue weighted by molar-refractivity contribution is 7.46. The van der Waals surface area contributed by atoms with Crippen molar-refractivity contribution < 1.29 is 28.7 Å². The molecule has 1 fully saturated rings. The van der Waals surface area contributed by atoms with Crippen LogP contribution in [-0.4, -0.2) is 43.3 Å². The molecule has 10 nitrogen and oxygen atoms in total. The van der Waals surface area contributed by atoms with Crippen molar-refractivity contribution in [3.8, 4) is 0 Å². The lowest BCUT2D eigenvalue weighted by atomic mass is 10.2. The number of aromatic nitrogens is 2. The standard InChI is InChI=1S/C9H13N2O8P/c12-5-3-8(11-2-1-7(13)10-9(11)14)19-6(5)4-18-20(15,16)17/h1-2,5-6,8,12H,3-4H2,(H,10,13,14)(H2,15,16,17). The maximum atomic E-state index is 11.5. The number of nitrogens with zero attached hydrogens (tertiary/aromatic N) is 1. The summed E-state index contributed by atoms with van der Waals surface area (Å²) < 4.78 is 21.2. The summed E-state index contributed by atoms with van der Waals surface area (Å²) in [5, 5.41) is 9.72. The van der Waals surface area contributed by atoms with E-state index in [0.29, 0.717) is 0 Å². The van der Waals surface area contributed by atoms with Gasteiger partial charge in [-0.2, -0.15) is 0 Å². The number of rotatable bonds is 4. The summed E-state index contributed by atoms with van der Waals surface area (Å²) >= 11 is 0. The van der Waals surface area contributed by atoms with Gasteiger partial charge < -0.3 is 19.6 Å². The van der Waals surface area contributed by atoms with Crippen LogP contribution in [0.15, 0.2) is 21.9 Å². The first-order valence-electron chi connectivity index (χ1n) is 5.61. The van der Waals surface area contributed by atoms with Gasteiger partial charge in [-0.15, -0.1) is 0 Å². The van der Waals surface area contributed by atoms with E-state index in [0.717, 1.165) is 10.6 Å². The topological polar surface area (TPSA) is 151 Å². The van der Waals surface area contributed by atoms with Gasteiger partial charge in [0.05, 0.1) is 12.7 Å². The predicted molar refractivity (Wildman–Crippen MR) is 63.9 cm³/mol. The zero-order valence-electron chi connectivity index (χ0n) is 10.1. The van der Waals surface area contributed by atoms with E-state index < -0.39 is 44.1 Å².